The van der Waals surface area contributed by atoms with Crippen LogP contribution in [-0.4, -0.2) is 58.1 Å². The molecule has 4 heterocycles. The molecule has 0 saturated carbocycles. The lowest BCUT2D eigenvalue weighted by atomic mass is 10.0. The summed E-state index contributed by atoms with van der Waals surface area (Å²) in [5, 5.41) is 6.03. The van der Waals surface area contributed by atoms with Gasteiger partial charge in [-0.3, -0.25) is 19.2 Å². The number of amides is 2. The van der Waals surface area contributed by atoms with Crippen LogP contribution in [0.2, 0.25) is 0 Å². The lowest BCUT2D eigenvalue weighted by Gasteiger charge is -2.19. The largest absolute Gasteiger partial charge is 0.480 e. The number of nitrogens with one attached hydrogen (secondary N) is 1. The van der Waals surface area contributed by atoms with Crippen molar-refractivity contribution in [2.24, 2.45) is 0 Å². The van der Waals surface area contributed by atoms with E-state index >= 15 is 0 Å². The standard InChI is InChI=1S/C23H22F4N6O3/c1-11-4-16(13-5-15(22(36-3)29-6-13)21(34)28-8-17(24)25)31-20-12(2)33(23(35)19(11)20)14-7-30-32(9-14)10-18(26)27/h4-7,9,12,17-18H,8,10H2,1-3H3,(H,28,34). The minimum atomic E-state index is -2.72. The summed E-state index contributed by atoms with van der Waals surface area (Å²) in [5.74, 6) is -1.17. The Balaban J connectivity index is 1.69. The number of fused-ring (bicyclic) bond motifs is 1. The average Bonchev–Trinajstić information content (AvgIpc) is 3.38. The van der Waals surface area contributed by atoms with Crippen molar-refractivity contribution >= 4 is 17.5 Å². The van der Waals surface area contributed by atoms with Crippen molar-refractivity contribution in [1.82, 2.24) is 25.1 Å². The molecule has 0 saturated heterocycles. The zero-order valence-electron chi connectivity index (χ0n) is 19.5. The average molecular weight is 506 g/mol. The third-order valence-corrected chi connectivity index (χ3v) is 5.68. The van der Waals surface area contributed by atoms with Crippen LogP contribution >= 0.6 is 0 Å². The highest BCUT2D eigenvalue weighted by molar-refractivity contribution is 6.11. The fourth-order valence-corrected chi connectivity index (χ4v) is 4.09. The van der Waals surface area contributed by atoms with E-state index in [2.05, 4.69) is 20.4 Å². The van der Waals surface area contributed by atoms with Gasteiger partial charge in [0.2, 0.25) is 5.88 Å². The van der Waals surface area contributed by atoms with Crippen molar-refractivity contribution in [3.8, 4) is 17.1 Å². The van der Waals surface area contributed by atoms with Gasteiger partial charge in [-0.25, -0.2) is 27.5 Å². The van der Waals surface area contributed by atoms with Crippen LogP contribution < -0.4 is 15.0 Å². The molecule has 3 aromatic heterocycles. The molecule has 0 aromatic carbocycles. The van der Waals surface area contributed by atoms with Gasteiger partial charge in [0.1, 0.15) is 12.1 Å². The number of halogens is 4. The molecule has 1 N–H and O–H groups in total. The molecule has 4 rings (SSSR count). The van der Waals surface area contributed by atoms with Gasteiger partial charge in [0, 0.05) is 18.0 Å². The molecule has 0 aliphatic carbocycles. The van der Waals surface area contributed by atoms with Crippen molar-refractivity contribution in [2.45, 2.75) is 39.3 Å². The molecule has 0 spiro atoms. The molecule has 9 nitrogen and oxygen atoms in total. The summed E-state index contributed by atoms with van der Waals surface area (Å²) in [6.45, 7) is 2.06. The number of anilines is 1. The van der Waals surface area contributed by atoms with Gasteiger partial charge in [0.15, 0.2) is 0 Å². The van der Waals surface area contributed by atoms with E-state index in [0.29, 0.717) is 33.8 Å². The molecule has 0 fully saturated rings. The van der Waals surface area contributed by atoms with Crippen LogP contribution in [0.4, 0.5) is 23.2 Å². The second kappa shape index (κ2) is 9.91. The minimum absolute atomic E-state index is 0.0427. The van der Waals surface area contributed by atoms with Crippen LogP contribution in [0.5, 0.6) is 5.88 Å². The van der Waals surface area contributed by atoms with Crippen molar-refractivity contribution in [2.75, 3.05) is 18.6 Å². The van der Waals surface area contributed by atoms with Gasteiger partial charge in [-0.1, -0.05) is 0 Å². The number of methoxy groups -OCH3 is 1. The zero-order valence-corrected chi connectivity index (χ0v) is 19.5. The Bertz CT molecular complexity index is 1310. The van der Waals surface area contributed by atoms with Crippen molar-refractivity contribution in [1.29, 1.82) is 0 Å². The Morgan fingerprint density at radius 2 is 1.94 bits per heavy atom. The molecule has 36 heavy (non-hydrogen) atoms. The lowest BCUT2D eigenvalue weighted by molar-refractivity contribution is 0.0887. The number of nitrogens with zero attached hydrogens (tertiary/aromatic N) is 5. The summed E-state index contributed by atoms with van der Waals surface area (Å²) >= 11 is 0. The van der Waals surface area contributed by atoms with Crippen molar-refractivity contribution in [3.05, 3.63) is 53.1 Å². The summed E-state index contributed by atoms with van der Waals surface area (Å²) in [5.41, 5.74) is 2.56. The fraction of sp³-hybridized carbons (Fsp3) is 0.348. The van der Waals surface area contributed by atoms with E-state index in [1.54, 1.807) is 19.9 Å². The number of carbonyl (C=O) groups excluding carboxylic acids is 2. The SMILES string of the molecule is COc1ncc(-c2cc(C)c3c(n2)C(C)N(c2cnn(CC(F)F)c2)C3=O)cc1C(=O)NCC(F)F. The van der Waals surface area contributed by atoms with E-state index in [1.165, 1.54) is 36.7 Å². The number of hydrogen-bond acceptors (Lipinski definition) is 6. The van der Waals surface area contributed by atoms with Crippen LogP contribution in [0.15, 0.2) is 30.7 Å². The van der Waals surface area contributed by atoms with Gasteiger partial charge < -0.3 is 10.1 Å². The quantitative estimate of drug-likeness (QED) is 0.468. The van der Waals surface area contributed by atoms with Gasteiger partial charge >= 0.3 is 0 Å². The third-order valence-electron chi connectivity index (χ3n) is 5.68. The summed E-state index contributed by atoms with van der Waals surface area (Å²) in [4.78, 5) is 35.8. The number of aromatic nitrogens is 4. The number of pyridine rings is 2. The van der Waals surface area contributed by atoms with Crippen LogP contribution in [0.25, 0.3) is 11.3 Å². The third kappa shape index (κ3) is 4.72. The van der Waals surface area contributed by atoms with E-state index < -0.39 is 37.9 Å². The van der Waals surface area contributed by atoms with Gasteiger partial charge in [-0.05, 0) is 31.5 Å². The van der Waals surface area contributed by atoms with E-state index in [9.17, 15) is 27.2 Å². The molecule has 1 atom stereocenters. The van der Waals surface area contributed by atoms with Crippen LogP contribution in [0, 0.1) is 6.92 Å². The van der Waals surface area contributed by atoms with Crippen molar-refractivity contribution < 1.29 is 31.9 Å². The number of hydrogen-bond donors (Lipinski definition) is 1. The Kier molecular flexibility index (Phi) is 6.91. The maximum absolute atomic E-state index is 13.2. The highest BCUT2D eigenvalue weighted by Crippen LogP contribution is 2.39. The first-order chi connectivity index (χ1) is 17.1. The number of rotatable bonds is 8. The second-order valence-electron chi connectivity index (χ2n) is 8.13. The predicted octanol–water partition coefficient (Wildman–Crippen LogP) is 3.64. The van der Waals surface area contributed by atoms with E-state index in [4.69, 9.17) is 4.74 Å². The molecule has 0 bridgehead atoms. The predicted molar refractivity (Wildman–Crippen MR) is 121 cm³/mol. The van der Waals surface area contributed by atoms with E-state index in [1.807, 2.05) is 0 Å². The summed E-state index contributed by atoms with van der Waals surface area (Å²) in [7, 11) is 1.30. The molecule has 190 valence electrons. The Labute approximate surface area is 203 Å². The molecule has 2 amide bonds. The minimum Gasteiger partial charge on any atom is -0.480 e. The highest BCUT2D eigenvalue weighted by atomic mass is 19.3. The first kappa shape index (κ1) is 25.1. The number of alkyl halides is 4. The first-order valence-electron chi connectivity index (χ1n) is 10.9. The van der Waals surface area contributed by atoms with Gasteiger partial charge in [0.05, 0.1) is 48.5 Å². The molecular formula is C23H22F4N6O3. The smallest absolute Gasteiger partial charge is 0.261 e. The summed E-state index contributed by atoms with van der Waals surface area (Å²) in [6.07, 6.45) is -1.17. The van der Waals surface area contributed by atoms with Crippen LogP contribution in [0.1, 0.15) is 44.9 Å². The molecule has 13 heteroatoms. The Morgan fingerprint density at radius 1 is 1.19 bits per heavy atom. The monoisotopic (exact) mass is 506 g/mol. The normalized spacial score (nSPS) is 15.1. The van der Waals surface area contributed by atoms with Gasteiger partial charge in [0.25, 0.3) is 24.7 Å². The van der Waals surface area contributed by atoms with Crippen LogP contribution in [-0.2, 0) is 6.54 Å². The van der Waals surface area contributed by atoms with Crippen LogP contribution in [0.3, 0.4) is 0 Å². The lowest BCUT2D eigenvalue weighted by Crippen LogP contribution is -2.29. The zero-order chi connectivity index (χ0) is 26.1. The topological polar surface area (TPSA) is 102 Å². The Hall–Kier alpha value is -4.03. The molecule has 0 radical (unpaired) electrons. The summed E-state index contributed by atoms with van der Waals surface area (Å²) in [6, 6.07) is 2.54. The number of aryl methyl sites for hydroxylation is 1. The second-order valence-corrected chi connectivity index (χ2v) is 8.13. The fourth-order valence-electron chi connectivity index (χ4n) is 4.09. The molecule has 3 aromatic rings. The number of carbonyl (C=O) groups is 2. The molecular weight excluding hydrogens is 484 g/mol. The Morgan fingerprint density at radius 3 is 2.61 bits per heavy atom. The van der Waals surface area contributed by atoms with Crippen molar-refractivity contribution in [3.63, 3.8) is 0 Å². The van der Waals surface area contributed by atoms with E-state index in [0.717, 1.165) is 4.68 Å². The first-order valence-corrected chi connectivity index (χ1v) is 10.9. The maximum atomic E-state index is 13.2. The maximum Gasteiger partial charge on any atom is 0.261 e. The molecule has 1 aliphatic heterocycles. The van der Waals surface area contributed by atoms with Gasteiger partial charge in [-0.2, -0.15) is 5.10 Å². The highest BCUT2D eigenvalue weighted by Gasteiger charge is 2.38. The van der Waals surface area contributed by atoms with E-state index in [-0.39, 0.29) is 17.4 Å². The summed E-state index contributed by atoms with van der Waals surface area (Å²) < 4.78 is 56.7. The molecule has 1 unspecified atom stereocenters. The van der Waals surface area contributed by atoms with Gasteiger partial charge in [-0.15, -0.1) is 0 Å². The molecule has 1 aliphatic rings. The number of ether oxygens (including phenoxy) is 1.